The normalized spacial score (nSPS) is 23.7. The highest BCUT2D eigenvalue weighted by atomic mass is 16.3. The van der Waals surface area contributed by atoms with E-state index in [2.05, 4.69) is 41.5 Å². The summed E-state index contributed by atoms with van der Waals surface area (Å²) in [7, 11) is 0. The lowest BCUT2D eigenvalue weighted by Gasteiger charge is -2.29. The standard InChI is InChI=1S/C24H40O2/c1-7-8-9-10-11-24(5,6)18-14-21(25)23(22(26)15-18)20-13-17(4)12-19(20)16(2)3/h14-17,19-20,25-26H,7-13H2,1-6H3/t17?,19?,20-/m1/s1. The van der Waals surface area contributed by atoms with E-state index in [0.717, 1.165) is 24.0 Å². The van der Waals surface area contributed by atoms with Crippen LogP contribution in [-0.2, 0) is 5.41 Å². The van der Waals surface area contributed by atoms with Crippen molar-refractivity contribution in [3.63, 3.8) is 0 Å². The average Bonchev–Trinajstić information content (AvgIpc) is 2.92. The van der Waals surface area contributed by atoms with Crippen LogP contribution in [-0.4, -0.2) is 10.2 Å². The van der Waals surface area contributed by atoms with E-state index in [1.807, 2.05) is 12.1 Å². The fourth-order valence-electron chi connectivity index (χ4n) is 4.93. The summed E-state index contributed by atoms with van der Waals surface area (Å²) in [5.74, 6) is 2.62. The van der Waals surface area contributed by atoms with Gasteiger partial charge in [0.05, 0.1) is 0 Å². The van der Waals surface area contributed by atoms with Crippen LogP contribution in [0, 0.1) is 17.8 Å². The molecule has 1 aromatic rings. The predicted octanol–water partition coefficient (Wildman–Crippen LogP) is 7.13. The zero-order chi connectivity index (χ0) is 19.5. The van der Waals surface area contributed by atoms with E-state index in [1.165, 1.54) is 32.1 Å². The van der Waals surface area contributed by atoms with Crippen molar-refractivity contribution >= 4 is 0 Å². The van der Waals surface area contributed by atoms with Gasteiger partial charge in [-0.05, 0) is 66.0 Å². The minimum atomic E-state index is -0.0261. The number of aromatic hydroxyl groups is 2. The van der Waals surface area contributed by atoms with Crippen molar-refractivity contribution in [1.29, 1.82) is 0 Å². The van der Waals surface area contributed by atoms with Crippen molar-refractivity contribution in [2.45, 2.75) is 97.8 Å². The zero-order valence-electron chi connectivity index (χ0n) is 17.8. The molecule has 0 aliphatic heterocycles. The molecule has 148 valence electrons. The van der Waals surface area contributed by atoms with Gasteiger partial charge in [-0.25, -0.2) is 0 Å². The zero-order valence-corrected chi connectivity index (χ0v) is 17.8. The first kappa shape index (κ1) is 21.1. The van der Waals surface area contributed by atoms with Crippen molar-refractivity contribution in [3.8, 4) is 11.5 Å². The largest absolute Gasteiger partial charge is 0.508 e. The topological polar surface area (TPSA) is 40.5 Å². The molecular weight excluding hydrogens is 320 g/mol. The number of rotatable bonds is 8. The number of phenolic OH excluding ortho intramolecular Hbond substituents is 2. The second-order valence-electron chi connectivity index (χ2n) is 9.71. The lowest BCUT2D eigenvalue weighted by Crippen LogP contribution is -2.18. The fraction of sp³-hybridized carbons (Fsp3) is 0.750. The Morgan fingerprint density at radius 3 is 2.19 bits per heavy atom. The molecule has 0 amide bonds. The molecular formula is C24H40O2. The van der Waals surface area contributed by atoms with Gasteiger partial charge in [-0.3, -0.25) is 0 Å². The van der Waals surface area contributed by atoms with E-state index < -0.39 is 0 Å². The molecule has 0 aromatic heterocycles. The molecule has 1 fully saturated rings. The highest BCUT2D eigenvalue weighted by Crippen LogP contribution is 2.52. The number of hydrogen-bond donors (Lipinski definition) is 2. The van der Waals surface area contributed by atoms with Gasteiger partial charge in [-0.1, -0.05) is 67.2 Å². The van der Waals surface area contributed by atoms with Crippen LogP contribution in [0.2, 0.25) is 0 Å². The van der Waals surface area contributed by atoms with Gasteiger partial charge in [-0.2, -0.15) is 0 Å². The first-order valence-corrected chi connectivity index (χ1v) is 10.7. The highest BCUT2D eigenvalue weighted by Gasteiger charge is 2.38. The second-order valence-corrected chi connectivity index (χ2v) is 9.71. The van der Waals surface area contributed by atoms with Crippen LogP contribution in [0.4, 0.5) is 0 Å². The molecule has 2 N–H and O–H groups in total. The average molecular weight is 361 g/mol. The Morgan fingerprint density at radius 1 is 1.04 bits per heavy atom. The lowest BCUT2D eigenvalue weighted by molar-refractivity contribution is 0.334. The third-order valence-electron chi connectivity index (χ3n) is 6.65. The van der Waals surface area contributed by atoms with Gasteiger partial charge in [0, 0.05) is 5.56 Å². The third kappa shape index (κ3) is 4.75. The van der Waals surface area contributed by atoms with Crippen LogP contribution in [0.15, 0.2) is 12.1 Å². The molecule has 1 aliphatic carbocycles. The summed E-state index contributed by atoms with van der Waals surface area (Å²) >= 11 is 0. The molecule has 0 bridgehead atoms. The predicted molar refractivity (Wildman–Crippen MR) is 111 cm³/mol. The van der Waals surface area contributed by atoms with Gasteiger partial charge in [0.1, 0.15) is 11.5 Å². The van der Waals surface area contributed by atoms with Crippen molar-refractivity contribution in [3.05, 3.63) is 23.3 Å². The van der Waals surface area contributed by atoms with Gasteiger partial charge < -0.3 is 10.2 Å². The van der Waals surface area contributed by atoms with Gasteiger partial charge >= 0.3 is 0 Å². The molecule has 0 spiro atoms. The molecule has 2 rings (SSSR count). The second kappa shape index (κ2) is 8.67. The molecule has 26 heavy (non-hydrogen) atoms. The molecule has 1 aliphatic rings. The summed E-state index contributed by atoms with van der Waals surface area (Å²) in [4.78, 5) is 0. The SMILES string of the molecule is CCCCCCC(C)(C)c1cc(O)c([C@@H]2CC(C)CC2C(C)C)c(O)c1. The smallest absolute Gasteiger partial charge is 0.123 e. The summed E-state index contributed by atoms with van der Waals surface area (Å²) < 4.78 is 0. The fourth-order valence-corrected chi connectivity index (χ4v) is 4.93. The van der Waals surface area contributed by atoms with E-state index in [4.69, 9.17) is 0 Å². The Balaban J connectivity index is 2.25. The number of phenols is 2. The van der Waals surface area contributed by atoms with Gasteiger partial charge in [0.25, 0.3) is 0 Å². The molecule has 2 unspecified atom stereocenters. The van der Waals surface area contributed by atoms with E-state index >= 15 is 0 Å². The van der Waals surface area contributed by atoms with Crippen LogP contribution in [0.1, 0.15) is 104 Å². The lowest BCUT2D eigenvalue weighted by atomic mass is 9.77. The van der Waals surface area contributed by atoms with E-state index in [-0.39, 0.29) is 11.3 Å². The van der Waals surface area contributed by atoms with Gasteiger partial charge in [0.2, 0.25) is 0 Å². The van der Waals surface area contributed by atoms with Crippen LogP contribution in [0.3, 0.4) is 0 Å². The first-order valence-electron chi connectivity index (χ1n) is 10.7. The van der Waals surface area contributed by atoms with E-state index in [1.54, 1.807) is 0 Å². The van der Waals surface area contributed by atoms with E-state index in [0.29, 0.717) is 29.3 Å². The van der Waals surface area contributed by atoms with Gasteiger partial charge in [-0.15, -0.1) is 0 Å². The Morgan fingerprint density at radius 2 is 1.65 bits per heavy atom. The molecule has 3 atom stereocenters. The number of unbranched alkanes of at least 4 members (excludes halogenated alkanes) is 3. The molecule has 2 nitrogen and oxygen atoms in total. The highest BCUT2D eigenvalue weighted by molar-refractivity contribution is 5.51. The summed E-state index contributed by atoms with van der Waals surface area (Å²) in [5, 5.41) is 21.7. The van der Waals surface area contributed by atoms with Crippen LogP contribution < -0.4 is 0 Å². The third-order valence-corrected chi connectivity index (χ3v) is 6.65. The van der Waals surface area contributed by atoms with Crippen LogP contribution in [0.25, 0.3) is 0 Å². The Bertz CT molecular complexity index is 565. The van der Waals surface area contributed by atoms with Crippen molar-refractivity contribution in [2.75, 3.05) is 0 Å². The maximum absolute atomic E-state index is 10.8. The van der Waals surface area contributed by atoms with Crippen molar-refractivity contribution < 1.29 is 10.2 Å². The summed E-state index contributed by atoms with van der Waals surface area (Å²) in [6.45, 7) is 13.5. The summed E-state index contributed by atoms with van der Waals surface area (Å²) in [5.41, 5.74) is 1.82. The molecule has 0 radical (unpaired) electrons. The first-order chi connectivity index (χ1) is 12.2. The van der Waals surface area contributed by atoms with Crippen LogP contribution >= 0.6 is 0 Å². The minimum Gasteiger partial charge on any atom is -0.508 e. The number of benzene rings is 1. The molecule has 1 saturated carbocycles. The number of hydrogen-bond acceptors (Lipinski definition) is 2. The van der Waals surface area contributed by atoms with Crippen molar-refractivity contribution in [1.82, 2.24) is 0 Å². The molecule has 0 heterocycles. The van der Waals surface area contributed by atoms with Gasteiger partial charge in [0.15, 0.2) is 0 Å². The molecule has 0 saturated heterocycles. The molecule has 2 heteroatoms. The maximum Gasteiger partial charge on any atom is 0.123 e. The maximum atomic E-state index is 10.8. The Labute approximate surface area is 161 Å². The van der Waals surface area contributed by atoms with Crippen molar-refractivity contribution in [2.24, 2.45) is 17.8 Å². The monoisotopic (exact) mass is 360 g/mol. The summed E-state index contributed by atoms with van der Waals surface area (Å²) in [6.07, 6.45) is 8.30. The summed E-state index contributed by atoms with van der Waals surface area (Å²) in [6, 6.07) is 3.85. The quantitative estimate of drug-likeness (QED) is 0.484. The Kier molecular flexibility index (Phi) is 7.05. The Hall–Kier alpha value is -1.18. The molecule has 1 aromatic carbocycles. The minimum absolute atomic E-state index is 0.0261. The van der Waals surface area contributed by atoms with Crippen LogP contribution in [0.5, 0.6) is 11.5 Å². The van der Waals surface area contributed by atoms with E-state index in [9.17, 15) is 10.2 Å².